The Bertz CT molecular complexity index is 469. The van der Waals surface area contributed by atoms with Gasteiger partial charge in [0.15, 0.2) is 0 Å². The van der Waals surface area contributed by atoms with E-state index in [2.05, 4.69) is 6.92 Å². The number of hydrogen-bond donors (Lipinski definition) is 3. The maximum atomic E-state index is 12.1. The number of allylic oxidation sites excluding steroid dienone is 2. The van der Waals surface area contributed by atoms with Crippen molar-refractivity contribution in [3.05, 3.63) is 24.3 Å². The maximum Gasteiger partial charge on any atom is 0.303 e. The van der Waals surface area contributed by atoms with Crippen molar-refractivity contribution < 1.29 is 24.9 Å². The highest BCUT2D eigenvalue weighted by molar-refractivity contribution is 5.84. The fraction of sp³-hybridized carbons (Fsp3) is 0.700. The topological polar surface area (TPSA) is 94.8 Å². The molecule has 0 unspecified atom stereocenters. The van der Waals surface area contributed by atoms with Crippen molar-refractivity contribution >= 4 is 11.8 Å². The Hall–Kier alpha value is -1.46. The molecule has 1 rings (SSSR count). The largest absolute Gasteiger partial charge is 0.481 e. The van der Waals surface area contributed by atoms with Gasteiger partial charge >= 0.3 is 5.97 Å². The molecule has 1 aliphatic rings. The fourth-order valence-electron chi connectivity index (χ4n) is 3.22. The monoisotopic (exact) mass is 352 g/mol. The van der Waals surface area contributed by atoms with Gasteiger partial charge in [-0.1, -0.05) is 50.5 Å². The molecule has 0 aromatic carbocycles. The molecule has 25 heavy (non-hydrogen) atoms. The van der Waals surface area contributed by atoms with Gasteiger partial charge < -0.3 is 15.3 Å². The van der Waals surface area contributed by atoms with Crippen LogP contribution in [0.5, 0.6) is 0 Å². The molecule has 0 spiro atoms. The summed E-state index contributed by atoms with van der Waals surface area (Å²) in [6.07, 6.45) is 12.1. The molecule has 0 aliphatic heterocycles. The summed E-state index contributed by atoms with van der Waals surface area (Å²) < 4.78 is 0. The molecular weight excluding hydrogens is 320 g/mol. The van der Waals surface area contributed by atoms with Crippen molar-refractivity contribution in [2.45, 2.75) is 76.9 Å². The minimum atomic E-state index is -0.801. The van der Waals surface area contributed by atoms with E-state index < -0.39 is 18.2 Å². The molecule has 0 amide bonds. The first-order valence-corrected chi connectivity index (χ1v) is 9.39. The Morgan fingerprint density at radius 3 is 2.72 bits per heavy atom. The summed E-state index contributed by atoms with van der Waals surface area (Å²) in [6.45, 7) is 2.11. The molecule has 3 N–H and O–H groups in total. The quantitative estimate of drug-likeness (QED) is 0.370. The normalized spacial score (nSPS) is 25.2. The second kappa shape index (κ2) is 12.0. The number of rotatable bonds is 12. The number of carbonyl (C=O) groups is 2. The molecule has 5 heteroatoms. The lowest BCUT2D eigenvalue weighted by Gasteiger charge is -2.16. The number of carboxylic acid groups (broad SMARTS) is 1. The molecule has 142 valence electrons. The number of aliphatic hydroxyl groups is 2. The summed E-state index contributed by atoms with van der Waals surface area (Å²) in [4.78, 5) is 22.5. The van der Waals surface area contributed by atoms with Gasteiger partial charge in [-0.15, -0.1) is 0 Å². The van der Waals surface area contributed by atoms with Crippen molar-refractivity contribution in [3.8, 4) is 0 Å². The molecule has 5 nitrogen and oxygen atoms in total. The zero-order valence-corrected chi connectivity index (χ0v) is 15.1. The van der Waals surface area contributed by atoms with Crippen LogP contribution in [-0.4, -0.2) is 39.3 Å². The second-order valence-corrected chi connectivity index (χ2v) is 6.86. The number of unbranched alkanes of at least 4 members (excludes halogenated alkanes) is 3. The molecule has 0 aromatic heterocycles. The van der Waals surface area contributed by atoms with Gasteiger partial charge in [-0.05, 0) is 25.7 Å². The van der Waals surface area contributed by atoms with Crippen LogP contribution in [0.2, 0.25) is 0 Å². The van der Waals surface area contributed by atoms with Gasteiger partial charge in [0.25, 0.3) is 0 Å². The van der Waals surface area contributed by atoms with Crippen LogP contribution in [0.25, 0.3) is 0 Å². The van der Waals surface area contributed by atoms with Crippen LogP contribution in [0.1, 0.15) is 64.7 Å². The van der Waals surface area contributed by atoms with E-state index in [0.717, 1.165) is 19.3 Å². The Labute approximate surface area is 150 Å². The highest BCUT2D eigenvalue weighted by Crippen LogP contribution is 2.33. The Morgan fingerprint density at radius 2 is 2.04 bits per heavy atom. The smallest absolute Gasteiger partial charge is 0.303 e. The summed E-state index contributed by atoms with van der Waals surface area (Å²) >= 11 is 0. The van der Waals surface area contributed by atoms with Crippen LogP contribution >= 0.6 is 0 Å². The van der Waals surface area contributed by atoms with Crippen LogP contribution in [0, 0.1) is 11.8 Å². The van der Waals surface area contributed by atoms with Crippen LogP contribution < -0.4 is 0 Å². The second-order valence-electron chi connectivity index (χ2n) is 6.86. The van der Waals surface area contributed by atoms with E-state index in [-0.39, 0.29) is 30.5 Å². The van der Waals surface area contributed by atoms with Gasteiger partial charge in [-0.25, -0.2) is 0 Å². The Morgan fingerprint density at radius 1 is 1.28 bits per heavy atom. The van der Waals surface area contributed by atoms with Gasteiger partial charge in [-0.2, -0.15) is 0 Å². The predicted octanol–water partition coefficient (Wildman–Crippen LogP) is 3.25. The minimum absolute atomic E-state index is 0.0535. The first-order valence-electron chi connectivity index (χ1n) is 9.39. The lowest BCUT2D eigenvalue weighted by atomic mass is 9.90. The van der Waals surface area contributed by atoms with E-state index in [4.69, 9.17) is 5.11 Å². The van der Waals surface area contributed by atoms with E-state index in [9.17, 15) is 19.8 Å². The number of ketones is 1. The number of carbonyl (C=O) groups excluding carboxylic acids is 1. The van der Waals surface area contributed by atoms with E-state index >= 15 is 0 Å². The third kappa shape index (κ3) is 8.45. The number of hydrogen-bond acceptors (Lipinski definition) is 4. The molecule has 4 atom stereocenters. The maximum absolute atomic E-state index is 12.1. The molecule has 0 saturated heterocycles. The molecule has 1 aliphatic carbocycles. The Balaban J connectivity index is 2.48. The SMILES string of the molecule is CCCCC[C@H](O)/C=C/[C@@H]1[C@H](O)CC(=O)[C@@H]1C/C=C\CCCC(=O)O. The lowest BCUT2D eigenvalue weighted by molar-refractivity contribution is -0.137. The number of aliphatic carboxylic acids is 1. The van der Waals surface area contributed by atoms with Crippen molar-refractivity contribution in [3.63, 3.8) is 0 Å². The summed E-state index contributed by atoms with van der Waals surface area (Å²) in [5, 5.41) is 28.7. The highest BCUT2D eigenvalue weighted by atomic mass is 16.4. The van der Waals surface area contributed by atoms with Crippen molar-refractivity contribution in [2.75, 3.05) is 0 Å². The zero-order chi connectivity index (χ0) is 18.7. The van der Waals surface area contributed by atoms with Gasteiger partial charge in [-0.3, -0.25) is 9.59 Å². The third-order valence-corrected chi connectivity index (χ3v) is 4.71. The van der Waals surface area contributed by atoms with Crippen molar-refractivity contribution in [1.29, 1.82) is 0 Å². The van der Waals surface area contributed by atoms with Gasteiger partial charge in [0.05, 0.1) is 12.2 Å². The predicted molar refractivity (Wildman–Crippen MR) is 97.1 cm³/mol. The first kappa shape index (κ1) is 21.6. The highest BCUT2D eigenvalue weighted by Gasteiger charge is 2.39. The minimum Gasteiger partial charge on any atom is -0.481 e. The van der Waals surface area contributed by atoms with Gasteiger partial charge in [0, 0.05) is 24.7 Å². The number of carboxylic acids is 1. The summed E-state index contributed by atoms with van der Waals surface area (Å²) in [5.41, 5.74) is 0. The number of aliphatic hydroxyl groups excluding tert-OH is 2. The van der Waals surface area contributed by atoms with Crippen molar-refractivity contribution in [2.24, 2.45) is 11.8 Å². The van der Waals surface area contributed by atoms with E-state index in [0.29, 0.717) is 25.7 Å². The average Bonchev–Trinajstić information content (AvgIpc) is 2.82. The van der Waals surface area contributed by atoms with E-state index in [1.807, 2.05) is 12.2 Å². The molecule has 1 saturated carbocycles. The third-order valence-electron chi connectivity index (χ3n) is 4.71. The zero-order valence-electron chi connectivity index (χ0n) is 15.1. The fourth-order valence-corrected chi connectivity index (χ4v) is 3.22. The van der Waals surface area contributed by atoms with Crippen LogP contribution in [0.4, 0.5) is 0 Å². The van der Waals surface area contributed by atoms with Crippen LogP contribution in [0.3, 0.4) is 0 Å². The van der Waals surface area contributed by atoms with Crippen molar-refractivity contribution in [1.82, 2.24) is 0 Å². The number of Topliss-reactive ketones (excluding diaryl/α,β-unsaturated/α-hetero) is 1. The first-order chi connectivity index (χ1) is 12.0. The van der Waals surface area contributed by atoms with Crippen LogP contribution in [-0.2, 0) is 9.59 Å². The van der Waals surface area contributed by atoms with Crippen LogP contribution in [0.15, 0.2) is 24.3 Å². The molecule has 1 fully saturated rings. The van der Waals surface area contributed by atoms with Gasteiger partial charge in [0.1, 0.15) is 5.78 Å². The lowest BCUT2D eigenvalue weighted by Crippen LogP contribution is -2.18. The molecule has 0 radical (unpaired) electrons. The Kier molecular flexibility index (Phi) is 10.3. The van der Waals surface area contributed by atoms with Gasteiger partial charge in [0.2, 0.25) is 0 Å². The summed E-state index contributed by atoms with van der Waals surface area (Å²) in [5.74, 6) is -1.26. The molecular formula is C20H32O5. The molecule has 0 aromatic rings. The van der Waals surface area contributed by atoms with E-state index in [1.54, 1.807) is 12.2 Å². The molecule has 0 bridgehead atoms. The standard InChI is InChI=1S/C20H32O5/c1-2-3-6-9-15(21)12-13-17-16(18(22)14-19(17)23)10-7-4-5-8-11-20(24)25/h4,7,12-13,15-17,19,21,23H,2-3,5-6,8-11,14H2,1H3,(H,24,25)/b7-4-,13-12+/t15-,16+,17-,19+/m0/s1. The average molecular weight is 352 g/mol. The van der Waals surface area contributed by atoms with E-state index in [1.165, 1.54) is 0 Å². The summed E-state index contributed by atoms with van der Waals surface area (Å²) in [6, 6.07) is 0. The summed E-state index contributed by atoms with van der Waals surface area (Å²) in [7, 11) is 0. The molecule has 0 heterocycles.